The van der Waals surface area contributed by atoms with Crippen LogP contribution in [0.25, 0.3) is 0 Å². The first kappa shape index (κ1) is 28.2. The summed E-state index contributed by atoms with van der Waals surface area (Å²) in [6.07, 6.45) is 6.52. The first-order valence-corrected chi connectivity index (χ1v) is 16.0. The van der Waals surface area contributed by atoms with Crippen LogP contribution in [0.5, 0.6) is 11.5 Å². The van der Waals surface area contributed by atoms with Gasteiger partial charge < -0.3 is 0 Å². The molecule has 2 aliphatic heterocycles. The second-order valence-corrected chi connectivity index (χ2v) is 12.4. The van der Waals surface area contributed by atoms with Crippen LogP contribution < -0.4 is 13.9 Å². The van der Waals surface area contributed by atoms with E-state index in [1.165, 1.54) is 26.7 Å². The molecule has 3 aromatic carbocycles. The van der Waals surface area contributed by atoms with Gasteiger partial charge in [0, 0.05) is 0 Å². The zero-order valence-corrected chi connectivity index (χ0v) is 25.0. The van der Waals surface area contributed by atoms with E-state index in [1.54, 1.807) is 14.2 Å². The van der Waals surface area contributed by atoms with Gasteiger partial charge in [-0.15, -0.1) is 0 Å². The van der Waals surface area contributed by atoms with Gasteiger partial charge in [-0.2, -0.15) is 0 Å². The third-order valence-electron chi connectivity index (χ3n) is 8.03. The van der Waals surface area contributed by atoms with Crippen LogP contribution in [0, 0.1) is 0 Å². The van der Waals surface area contributed by atoms with Gasteiger partial charge in [0.15, 0.2) is 0 Å². The maximum absolute atomic E-state index is 6.50. The number of ether oxygens (including phenoxy) is 5. The van der Waals surface area contributed by atoms with Crippen LogP contribution >= 0.6 is 0 Å². The Morgan fingerprint density at radius 2 is 1.46 bits per heavy atom. The fourth-order valence-electron chi connectivity index (χ4n) is 5.78. The van der Waals surface area contributed by atoms with Crippen molar-refractivity contribution in [2.24, 2.45) is 0 Å². The van der Waals surface area contributed by atoms with Crippen molar-refractivity contribution in [2.45, 2.75) is 61.7 Å². The first-order chi connectivity index (χ1) is 19.2. The topological polar surface area (TPSA) is 46.2 Å². The van der Waals surface area contributed by atoms with Crippen LogP contribution in [-0.4, -0.2) is 49.5 Å². The van der Waals surface area contributed by atoms with Gasteiger partial charge in [0.25, 0.3) is 0 Å². The van der Waals surface area contributed by atoms with E-state index in [0.29, 0.717) is 0 Å². The Balaban J connectivity index is 1.46. The third-order valence-corrected chi connectivity index (χ3v) is 10.9. The molecule has 2 heterocycles. The van der Waals surface area contributed by atoms with Crippen molar-refractivity contribution in [3.8, 4) is 11.5 Å². The summed E-state index contributed by atoms with van der Waals surface area (Å²) < 4.78 is 31.4. The Morgan fingerprint density at radius 1 is 0.795 bits per heavy atom. The molecular weight excluding hydrogens is 555 g/mol. The van der Waals surface area contributed by atoms with Crippen molar-refractivity contribution in [1.29, 1.82) is 0 Å². The molecule has 6 heteroatoms. The molecule has 0 aromatic heterocycles. The molecule has 0 N–H and O–H groups in total. The molecule has 208 valence electrons. The second-order valence-electron chi connectivity index (χ2n) is 10.3. The molecule has 0 radical (unpaired) electrons. The van der Waals surface area contributed by atoms with Crippen LogP contribution in [0.1, 0.15) is 66.6 Å². The average Bonchev–Trinajstić information content (AvgIpc) is 3.73. The van der Waals surface area contributed by atoms with Crippen LogP contribution in [0.3, 0.4) is 0 Å². The molecule has 0 saturated carbocycles. The Kier molecular flexibility index (Phi) is 9.65. The second kappa shape index (κ2) is 13.3. The van der Waals surface area contributed by atoms with Gasteiger partial charge >= 0.3 is 240 Å². The number of rotatable bonds is 12. The first-order valence-electron chi connectivity index (χ1n) is 14.0. The van der Waals surface area contributed by atoms with Crippen molar-refractivity contribution in [2.75, 3.05) is 34.5 Å². The molecule has 5 nitrogen and oxygen atoms in total. The zero-order valence-electron chi connectivity index (χ0n) is 23.3. The summed E-state index contributed by atoms with van der Waals surface area (Å²) in [6.45, 7) is 1.69. The SMILES string of the molecule is COc1ccc(CC[C@](C[Se]c2c([C@@H]3CCCO3)cccc2[C@@H]2CCCO2)(OC)c2ccccc2)cc1OC. The van der Waals surface area contributed by atoms with Gasteiger partial charge in [-0.1, -0.05) is 0 Å². The van der Waals surface area contributed by atoms with E-state index < -0.39 is 5.60 Å². The Labute approximate surface area is 239 Å². The molecule has 0 bridgehead atoms. The van der Waals surface area contributed by atoms with E-state index in [4.69, 9.17) is 23.7 Å². The summed E-state index contributed by atoms with van der Waals surface area (Å²) in [6, 6.07) is 23.7. The quantitative estimate of drug-likeness (QED) is 0.229. The predicted octanol–water partition coefficient (Wildman–Crippen LogP) is 6.33. The normalized spacial score (nSPS) is 20.6. The summed E-state index contributed by atoms with van der Waals surface area (Å²) >= 11 is 0.160. The summed E-state index contributed by atoms with van der Waals surface area (Å²) in [7, 11) is 5.22. The maximum atomic E-state index is 6.50. The minimum atomic E-state index is -0.411. The van der Waals surface area contributed by atoms with Crippen molar-refractivity contribution >= 4 is 19.4 Å². The molecule has 0 unspecified atom stereocenters. The molecule has 0 spiro atoms. The van der Waals surface area contributed by atoms with Gasteiger partial charge in [0.1, 0.15) is 0 Å². The molecule has 2 fully saturated rings. The molecule has 3 aromatic rings. The summed E-state index contributed by atoms with van der Waals surface area (Å²) in [5.41, 5.74) is 4.74. The van der Waals surface area contributed by atoms with Gasteiger partial charge in [0.2, 0.25) is 0 Å². The molecule has 39 heavy (non-hydrogen) atoms. The van der Waals surface area contributed by atoms with Crippen molar-refractivity contribution < 1.29 is 23.7 Å². The van der Waals surface area contributed by atoms with E-state index in [1.807, 2.05) is 13.2 Å². The van der Waals surface area contributed by atoms with Gasteiger partial charge in [-0.25, -0.2) is 0 Å². The van der Waals surface area contributed by atoms with Crippen LogP contribution in [-0.2, 0) is 26.2 Å². The summed E-state index contributed by atoms with van der Waals surface area (Å²) in [5, 5.41) is 0.928. The predicted molar refractivity (Wildman–Crippen MR) is 155 cm³/mol. The zero-order chi connectivity index (χ0) is 27.1. The molecule has 3 atom stereocenters. The number of benzene rings is 3. The van der Waals surface area contributed by atoms with Crippen molar-refractivity contribution in [1.82, 2.24) is 0 Å². The molecule has 0 amide bonds. The van der Waals surface area contributed by atoms with Gasteiger partial charge in [-0.3, -0.25) is 0 Å². The molecule has 2 saturated heterocycles. The van der Waals surface area contributed by atoms with Crippen LogP contribution in [0.2, 0.25) is 5.32 Å². The Hall–Kier alpha value is -2.34. The Morgan fingerprint density at radius 3 is 2.03 bits per heavy atom. The Bertz CT molecular complexity index is 1170. The van der Waals surface area contributed by atoms with Crippen LogP contribution in [0.4, 0.5) is 0 Å². The van der Waals surface area contributed by atoms with Gasteiger partial charge in [-0.05, 0) is 0 Å². The van der Waals surface area contributed by atoms with E-state index in [0.717, 1.165) is 68.6 Å². The van der Waals surface area contributed by atoms with E-state index in [2.05, 4.69) is 60.7 Å². The number of methoxy groups -OCH3 is 3. The molecule has 2 aliphatic rings. The van der Waals surface area contributed by atoms with Crippen LogP contribution in [0.15, 0.2) is 66.7 Å². The standard InChI is InChI=1S/C33H40O5Se/c1-34-30-17-16-24(22-31(30)35-2)18-19-33(36-3,25-10-5-4-6-11-25)23-39-32-26(28-14-8-20-37-28)12-7-13-27(32)29-15-9-21-38-29/h4-7,10-13,16-17,22,28-29H,8-9,14-15,18-21,23H2,1-3H3/t28-,29-,33+/m0/s1. The third kappa shape index (κ3) is 6.37. The van der Waals surface area contributed by atoms with Crippen molar-refractivity contribution in [3.05, 3.63) is 89.0 Å². The monoisotopic (exact) mass is 596 g/mol. The fourth-order valence-corrected chi connectivity index (χ4v) is 9.01. The van der Waals surface area contributed by atoms with E-state index in [9.17, 15) is 0 Å². The number of aryl methyl sites for hydroxylation is 1. The van der Waals surface area contributed by atoms with Crippen molar-refractivity contribution in [3.63, 3.8) is 0 Å². The number of hydrogen-bond donors (Lipinski definition) is 0. The average molecular weight is 596 g/mol. The minimum absolute atomic E-state index is 0.160. The molecular formula is C33H40O5Se. The van der Waals surface area contributed by atoms with Gasteiger partial charge in [0.05, 0.1) is 0 Å². The summed E-state index contributed by atoms with van der Waals surface area (Å²) in [4.78, 5) is 0. The summed E-state index contributed by atoms with van der Waals surface area (Å²) in [5.74, 6) is 1.51. The molecule has 0 aliphatic carbocycles. The van der Waals surface area contributed by atoms with E-state index >= 15 is 0 Å². The van der Waals surface area contributed by atoms with E-state index in [-0.39, 0.29) is 27.2 Å². The molecule has 5 rings (SSSR count). The number of hydrogen-bond acceptors (Lipinski definition) is 5. The fraction of sp³-hybridized carbons (Fsp3) is 0.455.